The molecule has 1 aliphatic carbocycles. The van der Waals surface area contributed by atoms with Crippen LogP contribution in [-0.2, 0) is 37.1 Å². The molecule has 71 heavy (non-hydrogen) atoms. The van der Waals surface area contributed by atoms with E-state index in [1.165, 1.54) is 21.0 Å². The summed E-state index contributed by atoms with van der Waals surface area (Å²) >= 11 is 3.06. The Balaban J connectivity index is 0.837. The number of nitrogens with one attached hydrogen (secondary N) is 3. The number of carbonyl (C=O) groups is 3. The number of β-amino-alcohol motifs (C(OH)–C–C–N with tert-alkyl or cyclic N) is 1. The average Bonchev–Trinajstić information content (AvgIpc) is 3.75. The molecule has 4 atom stereocenters. The van der Waals surface area contributed by atoms with Gasteiger partial charge in [0.15, 0.2) is 5.67 Å². The van der Waals surface area contributed by atoms with Gasteiger partial charge in [-0.05, 0) is 120 Å². The van der Waals surface area contributed by atoms with Gasteiger partial charge >= 0.3 is 6.18 Å². The second kappa shape index (κ2) is 21.4. The van der Waals surface area contributed by atoms with E-state index in [1.807, 2.05) is 58.0 Å². The summed E-state index contributed by atoms with van der Waals surface area (Å²) in [7, 11) is -3.82. The van der Waals surface area contributed by atoms with Gasteiger partial charge in [-0.2, -0.15) is 29.2 Å². The first-order chi connectivity index (χ1) is 33.6. The maximum Gasteiger partial charge on any atom is 0.419 e. The van der Waals surface area contributed by atoms with Crippen LogP contribution in [0.15, 0.2) is 71.3 Å². The topological polar surface area (TPSA) is 190 Å². The number of hydrogen-bond acceptors (Lipinski definition) is 13. The Morgan fingerprint density at radius 2 is 1.63 bits per heavy atom. The minimum absolute atomic E-state index is 0.0143. The summed E-state index contributed by atoms with van der Waals surface area (Å²) < 4.78 is 82.0. The first-order valence-electron chi connectivity index (χ1n) is 24.0. The van der Waals surface area contributed by atoms with E-state index in [0.29, 0.717) is 37.5 Å². The van der Waals surface area contributed by atoms with Gasteiger partial charge in [0.25, 0.3) is 5.91 Å². The van der Waals surface area contributed by atoms with Crippen molar-refractivity contribution in [2.24, 2.45) is 5.92 Å². The number of alkyl halides is 4. The van der Waals surface area contributed by atoms with Gasteiger partial charge in [-0.25, -0.2) is 27.8 Å². The number of amides is 3. The number of thioether (sulfide) groups is 1. The standard InChI is InChI=1S/C49H61F4N9O6S3/c1-30(34-8-10-35(11-9-34)41-31(2)56-29-69-41)57-43(64)40-23-38(63)27-62(40)44(65)42(59-45(66)48(50)16-17-48)47(3,4)70-28-32-12-18-60(19-13-32)26-33-6-5-7-39(22-33)71(67,68)61-20-14-37(15-21-61)58-46-54-24-36(25-55-46)49(51,52)53/h5-11,22,24-25,29-30,32,37-38,40,42,63H,12-21,23,26-28H2,1-4H3,(H,57,64)(H,59,66)(H,54,55,58)/t30-,38+,40-,42+/m0/s1. The quantitative estimate of drug-likeness (QED) is 0.0817. The summed E-state index contributed by atoms with van der Waals surface area (Å²) in [6.07, 6.45) is -1.45. The fourth-order valence-corrected chi connectivity index (χ4v) is 13.1. The van der Waals surface area contributed by atoms with Crippen LogP contribution in [0.2, 0.25) is 0 Å². The van der Waals surface area contributed by atoms with E-state index < -0.39 is 74.1 Å². The van der Waals surface area contributed by atoms with E-state index in [4.69, 9.17) is 0 Å². The van der Waals surface area contributed by atoms with E-state index in [9.17, 15) is 41.1 Å². The molecule has 4 aliphatic rings. The number of nitrogens with zero attached hydrogens (tertiary/aromatic N) is 6. The van der Waals surface area contributed by atoms with Crippen LogP contribution >= 0.6 is 23.1 Å². The Morgan fingerprint density at radius 3 is 2.25 bits per heavy atom. The number of carbonyl (C=O) groups excluding carboxylic acids is 3. The molecule has 22 heteroatoms. The molecule has 5 heterocycles. The van der Waals surface area contributed by atoms with Gasteiger partial charge in [-0.1, -0.05) is 36.4 Å². The van der Waals surface area contributed by atoms with Gasteiger partial charge in [0.1, 0.15) is 12.1 Å². The fraction of sp³-hybridized carbons (Fsp3) is 0.551. The van der Waals surface area contributed by atoms with Crippen LogP contribution in [-0.4, -0.2) is 133 Å². The third-order valence-corrected chi connectivity index (χ3v) is 18.6. The predicted molar refractivity (Wildman–Crippen MR) is 263 cm³/mol. The molecule has 4 fully saturated rings. The second-order valence-electron chi connectivity index (χ2n) is 19.8. The van der Waals surface area contributed by atoms with Gasteiger partial charge < -0.3 is 26.0 Å². The number of likely N-dealkylation sites (tertiary alicyclic amines) is 2. The smallest absolute Gasteiger partial charge is 0.391 e. The van der Waals surface area contributed by atoms with Crippen molar-refractivity contribution >= 4 is 56.8 Å². The molecule has 0 spiro atoms. The van der Waals surface area contributed by atoms with Crippen LogP contribution in [0.4, 0.5) is 23.5 Å². The zero-order chi connectivity index (χ0) is 50.9. The largest absolute Gasteiger partial charge is 0.419 e. The lowest BCUT2D eigenvalue weighted by Crippen LogP contribution is -2.61. The lowest BCUT2D eigenvalue weighted by atomic mass is 9.98. The molecule has 0 unspecified atom stereocenters. The van der Waals surface area contributed by atoms with Crippen molar-refractivity contribution in [1.29, 1.82) is 0 Å². The lowest BCUT2D eigenvalue weighted by Gasteiger charge is -2.39. The predicted octanol–water partition coefficient (Wildman–Crippen LogP) is 6.74. The van der Waals surface area contributed by atoms with E-state index in [2.05, 4.69) is 35.8 Å². The Morgan fingerprint density at radius 1 is 0.958 bits per heavy atom. The number of thiazole rings is 1. The van der Waals surface area contributed by atoms with Crippen molar-refractivity contribution in [3.8, 4) is 10.4 Å². The van der Waals surface area contributed by atoms with Crippen molar-refractivity contribution in [3.05, 3.63) is 88.8 Å². The molecule has 1 saturated carbocycles. The Labute approximate surface area is 420 Å². The van der Waals surface area contributed by atoms with Crippen LogP contribution < -0.4 is 16.0 Å². The number of sulfonamides is 1. The number of benzene rings is 2. The number of piperidine rings is 2. The summed E-state index contributed by atoms with van der Waals surface area (Å²) in [6, 6.07) is 11.9. The molecule has 15 nitrogen and oxygen atoms in total. The molecular formula is C49H61F4N9O6S3. The van der Waals surface area contributed by atoms with Crippen molar-refractivity contribution in [2.75, 3.05) is 43.8 Å². The maximum absolute atomic E-state index is 15.2. The third-order valence-electron chi connectivity index (χ3n) is 14.1. The molecule has 3 aliphatic heterocycles. The molecule has 2 aromatic carbocycles. The van der Waals surface area contributed by atoms with Crippen molar-refractivity contribution < 1.29 is 45.5 Å². The number of anilines is 1. The highest BCUT2D eigenvalue weighted by atomic mass is 32.2. The number of halogens is 4. The molecule has 8 rings (SSSR count). The van der Waals surface area contributed by atoms with Crippen LogP contribution in [0.3, 0.4) is 0 Å². The second-order valence-corrected chi connectivity index (χ2v) is 24.3. The van der Waals surface area contributed by atoms with Gasteiger partial charge in [0.2, 0.25) is 27.8 Å². The molecule has 3 saturated heterocycles. The number of rotatable bonds is 17. The first-order valence-corrected chi connectivity index (χ1v) is 27.3. The zero-order valence-corrected chi connectivity index (χ0v) is 42.6. The molecular weight excluding hydrogens is 983 g/mol. The van der Waals surface area contributed by atoms with E-state index in [0.717, 1.165) is 53.2 Å². The Kier molecular flexibility index (Phi) is 15.8. The van der Waals surface area contributed by atoms with E-state index >= 15 is 4.39 Å². The Hall–Kier alpha value is -4.74. The zero-order valence-electron chi connectivity index (χ0n) is 40.1. The van der Waals surface area contributed by atoms with Crippen molar-refractivity contribution in [3.63, 3.8) is 0 Å². The lowest BCUT2D eigenvalue weighted by molar-refractivity contribution is -0.143. The van der Waals surface area contributed by atoms with E-state index in [-0.39, 0.29) is 61.7 Å². The molecule has 0 radical (unpaired) electrons. The molecule has 0 bridgehead atoms. The Bertz CT molecular complexity index is 2640. The molecule has 3 amide bonds. The van der Waals surface area contributed by atoms with Crippen LogP contribution in [0.1, 0.15) is 94.1 Å². The minimum Gasteiger partial charge on any atom is -0.391 e. The molecule has 4 aromatic rings. The molecule has 4 N–H and O–H groups in total. The van der Waals surface area contributed by atoms with E-state index in [1.54, 1.807) is 35.0 Å². The number of aliphatic hydroxyl groups excluding tert-OH is 1. The van der Waals surface area contributed by atoms with Crippen molar-refractivity contribution in [1.82, 2.24) is 39.7 Å². The van der Waals surface area contributed by atoms with Crippen molar-refractivity contribution in [2.45, 2.75) is 131 Å². The van der Waals surface area contributed by atoms with Crippen LogP contribution in [0, 0.1) is 12.8 Å². The van der Waals surface area contributed by atoms with Gasteiger partial charge in [0.05, 0.1) is 38.7 Å². The maximum atomic E-state index is 15.2. The van der Waals surface area contributed by atoms with Gasteiger partial charge in [0, 0.05) is 55.8 Å². The van der Waals surface area contributed by atoms with Crippen LogP contribution in [0.25, 0.3) is 10.4 Å². The fourth-order valence-electron chi connectivity index (χ4n) is 9.41. The van der Waals surface area contributed by atoms with Crippen LogP contribution in [0.5, 0.6) is 0 Å². The summed E-state index contributed by atoms with van der Waals surface area (Å²) in [5.41, 5.74) is 2.45. The number of aliphatic hydroxyl groups is 1. The van der Waals surface area contributed by atoms with Gasteiger partial charge in [-0.15, -0.1) is 11.3 Å². The van der Waals surface area contributed by atoms with Gasteiger partial charge in [-0.3, -0.25) is 19.3 Å². The summed E-state index contributed by atoms with van der Waals surface area (Å²) in [6.45, 7) is 9.82. The number of hydrogen-bond donors (Lipinski definition) is 4. The average molecular weight is 1040 g/mol. The highest BCUT2D eigenvalue weighted by Crippen LogP contribution is 2.42. The number of aromatic nitrogens is 3. The normalized spacial score (nSPS) is 21.4. The summed E-state index contributed by atoms with van der Waals surface area (Å²) in [4.78, 5) is 58.5. The number of aryl methyl sites for hydroxylation is 1. The highest BCUT2D eigenvalue weighted by Gasteiger charge is 2.54. The third kappa shape index (κ3) is 12.5. The highest BCUT2D eigenvalue weighted by molar-refractivity contribution is 8.00. The monoisotopic (exact) mass is 1040 g/mol. The molecule has 384 valence electrons. The molecule has 2 aromatic heterocycles. The minimum atomic E-state index is -4.54. The first kappa shape index (κ1) is 52.6. The SMILES string of the molecule is Cc1ncsc1-c1ccc([C@H](C)NC(=O)[C@@H]2C[C@@H](O)CN2C(=O)[C@@H](NC(=O)C2(F)CC2)C(C)(C)SCC2CCN(Cc3cccc(S(=O)(=O)N4CCC(Nc5ncc(C(F)(F)F)cn5)CC4)c3)CC2)cc1. The summed E-state index contributed by atoms with van der Waals surface area (Å²) in [5.74, 6) is -0.900. The summed E-state index contributed by atoms with van der Waals surface area (Å²) in [5, 5.41) is 19.6.